The molecule has 0 radical (unpaired) electrons. The molecule has 0 amide bonds. The Labute approximate surface area is 187 Å². The summed E-state index contributed by atoms with van der Waals surface area (Å²) >= 11 is 1.57. The number of pyridine rings is 1. The van der Waals surface area contributed by atoms with E-state index in [0.717, 1.165) is 27.1 Å². The van der Waals surface area contributed by atoms with Crippen molar-refractivity contribution in [1.82, 2.24) is 4.98 Å². The van der Waals surface area contributed by atoms with E-state index in [2.05, 4.69) is 4.98 Å². The van der Waals surface area contributed by atoms with Crippen molar-refractivity contribution in [2.75, 3.05) is 5.73 Å². The minimum Gasteiger partial charge on any atom is -0.478 e. The average Bonchev–Trinajstić information content (AvgIpc) is 3.49. The second-order valence-electron chi connectivity index (χ2n) is 7.19. The van der Waals surface area contributed by atoms with Crippen molar-refractivity contribution in [3.8, 4) is 27.8 Å². The zero-order valence-corrected chi connectivity index (χ0v) is 17.6. The lowest BCUT2D eigenvalue weighted by molar-refractivity contribution is 0.0697. The minimum atomic E-state index is -0.970. The number of thiophene rings is 1. The summed E-state index contributed by atoms with van der Waals surface area (Å²) in [5, 5.41) is 12.0. The SMILES string of the molecule is Nc1c(-c2cc3ccccc3o2)cc(-c2cccs2)nc1OCc1ccc(C(=O)O)cc1. The molecule has 0 aliphatic heterocycles. The molecule has 3 N–H and O–H groups in total. The van der Waals surface area contributed by atoms with Crippen LogP contribution in [0, 0.1) is 0 Å². The average molecular weight is 442 g/mol. The molecule has 7 heteroatoms. The van der Waals surface area contributed by atoms with Crippen LogP contribution in [0.2, 0.25) is 0 Å². The van der Waals surface area contributed by atoms with Crippen molar-refractivity contribution >= 4 is 34.0 Å². The molecule has 2 aromatic carbocycles. The Morgan fingerprint density at radius 1 is 1.06 bits per heavy atom. The quantitative estimate of drug-likeness (QED) is 0.330. The van der Waals surface area contributed by atoms with Gasteiger partial charge >= 0.3 is 5.97 Å². The highest BCUT2D eigenvalue weighted by molar-refractivity contribution is 7.13. The number of carboxylic acids is 1. The number of aromatic nitrogens is 1. The fourth-order valence-corrected chi connectivity index (χ4v) is 4.09. The molecule has 0 spiro atoms. The maximum atomic E-state index is 11.1. The van der Waals surface area contributed by atoms with Crippen LogP contribution in [0.1, 0.15) is 15.9 Å². The maximum absolute atomic E-state index is 11.1. The van der Waals surface area contributed by atoms with E-state index in [1.54, 1.807) is 35.6 Å². The Morgan fingerprint density at radius 3 is 2.59 bits per heavy atom. The Bertz CT molecular complexity index is 1370. The number of carbonyl (C=O) groups is 1. The van der Waals surface area contributed by atoms with Gasteiger partial charge in [0, 0.05) is 10.9 Å². The molecule has 5 aromatic rings. The molecular formula is C25H18N2O4S. The zero-order valence-electron chi connectivity index (χ0n) is 16.8. The van der Waals surface area contributed by atoms with E-state index >= 15 is 0 Å². The Kier molecular flexibility index (Phi) is 5.09. The van der Waals surface area contributed by atoms with Crippen LogP contribution >= 0.6 is 11.3 Å². The number of anilines is 1. The van der Waals surface area contributed by atoms with E-state index in [1.165, 1.54) is 0 Å². The third kappa shape index (κ3) is 3.81. The van der Waals surface area contributed by atoms with Gasteiger partial charge in [-0.15, -0.1) is 11.3 Å². The van der Waals surface area contributed by atoms with Crippen LogP contribution in [0.15, 0.2) is 82.6 Å². The Hall–Kier alpha value is -4.10. The van der Waals surface area contributed by atoms with Gasteiger partial charge in [0.05, 0.1) is 16.1 Å². The van der Waals surface area contributed by atoms with Crippen LogP contribution < -0.4 is 10.5 Å². The zero-order chi connectivity index (χ0) is 22.1. The number of hydrogen-bond donors (Lipinski definition) is 2. The van der Waals surface area contributed by atoms with Gasteiger partial charge in [0.15, 0.2) is 0 Å². The van der Waals surface area contributed by atoms with Crippen LogP contribution in [-0.2, 0) is 6.61 Å². The summed E-state index contributed by atoms with van der Waals surface area (Å²) in [5.41, 5.74) is 10.1. The fourth-order valence-electron chi connectivity index (χ4n) is 3.41. The van der Waals surface area contributed by atoms with E-state index in [-0.39, 0.29) is 12.2 Å². The number of nitrogens with two attached hydrogens (primary N) is 1. The number of rotatable bonds is 6. The summed E-state index contributed by atoms with van der Waals surface area (Å²) in [6, 6.07) is 22.1. The number of benzene rings is 2. The lowest BCUT2D eigenvalue weighted by Crippen LogP contribution is -2.04. The summed E-state index contributed by atoms with van der Waals surface area (Å²) in [5.74, 6) is -0.0317. The van der Waals surface area contributed by atoms with Crippen LogP contribution in [0.25, 0.3) is 32.9 Å². The molecule has 0 aliphatic carbocycles. The number of nitrogens with zero attached hydrogens (tertiary/aromatic N) is 1. The van der Waals surface area contributed by atoms with Gasteiger partial charge in [-0.1, -0.05) is 36.4 Å². The highest BCUT2D eigenvalue weighted by Gasteiger charge is 2.18. The summed E-state index contributed by atoms with van der Waals surface area (Å²) in [4.78, 5) is 16.7. The predicted molar refractivity (Wildman–Crippen MR) is 125 cm³/mol. The number of hydrogen-bond acceptors (Lipinski definition) is 6. The van der Waals surface area contributed by atoms with Gasteiger partial charge in [-0.3, -0.25) is 0 Å². The van der Waals surface area contributed by atoms with Crippen molar-refractivity contribution < 1.29 is 19.1 Å². The van der Waals surface area contributed by atoms with Gasteiger partial charge in [-0.05, 0) is 47.3 Å². The lowest BCUT2D eigenvalue weighted by Gasteiger charge is -2.13. The molecule has 32 heavy (non-hydrogen) atoms. The standard InChI is InChI=1S/C25H18N2O4S/c26-23-18(21-12-17-4-1-2-5-20(17)31-21)13-19(22-6-3-11-32-22)27-24(23)30-14-15-7-9-16(10-8-15)25(28)29/h1-13H,14,26H2,(H,28,29). The first-order valence-electron chi connectivity index (χ1n) is 9.87. The van der Waals surface area contributed by atoms with E-state index < -0.39 is 5.97 Å². The summed E-state index contributed by atoms with van der Waals surface area (Å²) in [6.45, 7) is 0.199. The molecule has 0 saturated carbocycles. The minimum absolute atomic E-state index is 0.199. The van der Waals surface area contributed by atoms with E-state index in [4.69, 9.17) is 20.0 Å². The van der Waals surface area contributed by atoms with E-state index in [9.17, 15) is 4.79 Å². The number of carboxylic acid groups (broad SMARTS) is 1. The molecular weight excluding hydrogens is 424 g/mol. The van der Waals surface area contributed by atoms with Crippen molar-refractivity contribution in [1.29, 1.82) is 0 Å². The highest BCUT2D eigenvalue weighted by atomic mass is 32.1. The van der Waals surface area contributed by atoms with Crippen LogP contribution in [0.4, 0.5) is 5.69 Å². The fraction of sp³-hybridized carbons (Fsp3) is 0.0400. The van der Waals surface area contributed by atoms with E-state index in [1.807, 2.05) is 53.9 Å². The van der Waals surface area contributed by atoms with Crippen molar-refractivity contribution in [3.63, 3.8) is 0 Å². The number of aromatic carboxylic acids is 1. The first-order valence-corrected chi connectivity index (χ1v) is 10.7. The smallest absolute Gasteiger partial charge is 0.335 e. The van der Waals surface area contributed by atoms with Crippen molar-refractivity contribution in [3.05, 3.63) is 89.3 Å². The molecule has 3 heterocycles. The summed E-state index contributed by atoms with van der Waals surface area (Å²) in [6.07, 6.45) is 0. The van der Waals surface area contributed by atoms with Gasteiger partial charge in [0.25, 0.3) is 0 Å². The third-order valence-corrected chi connectivity index (χ3v) is 5.96. The molecule has 6 nitrogen and oxygen atoms in total. The topological polar surface area (TPSA) is 98.6 Å². The number of fused-ring (bicyclic) bond motifs is 1. The Balaban J connectivity index is 1.53. The first-order chi connectivity index (χ1) is 15.6. The van der Waals surface area contributed by atoms with Crippen LogP contribution in [0.3, 0.4) is 0 Å². The van der Waals surface area contributed by atoms with Gasteiger partial charge in [-0.2, -0.15) is 0 Å². The number of nitrogen functional groups attached to an aromatic ring is 1. The molecule has 0 bridgehead atoms. The third-order valence-electron chi connectivity index (χ3n) is 5.06. The Morgan fingerprint density at radius 2 is 1.88 bits per heavy atom. The summed E-state index contributed by atoms with van der Waals surface area (Å²) in [7, 11) is 0. The maximum Gasteiger partial charge on any atom is 0.335 e. The lowest BCUT2D eigenvalue weighted by atomic mass is 10.1. The predicted octanol–water partition coefficient (Wildman–Crippen LogP) is 6.08. The number of furan rings is 1. The van der Waals surface area contributed by atoms with Gasteiger partial charge < -0.3 is 20.0 Å². The molecule has 0 atom stereocenters. The van der Waals surface area contributed by atoms with Crippen LogP contribution in [-0.4, -0.2) is 16.1 Å². The molecule has 0 fully saturated rings. The molecule has 0 saturated heterocycles. The molecule has 5 rings (SSSR count). The highest BCUT2D eigenvalue weighted by Crippen LogP contribution is 2.39. The molecule has 3 aromatic heterocycles. The van der Waals surface area contributed by atoms with Gasteiger partial charge in [0.2, 0.25) is 5.88 Å². The number of ether oxygens (including phenoxy) is 1. The number of para-hydroxylation sites is 1. The van der Waals surface area contributed by atoms with Crippen LogP contribution in [0.5, 0.6) is 5.88 Å². The first kappa shape index (κ1) is 19.8. The van der Waals surface area contributed by atoms with Crippen molar-refractivity contribution in [2.24, 2.45) is 0 Å². The molecule has 158 valence electrons. The second kappa shape index (κ2) is 8.20. The van der Waals surface area contributed by atoms with E-state index in [0.29, 0.717) is 22.9 Å². The molecule has 0 unspecified atom stereocenters. The van der Waals surface area contributed by atoms with Gasteiger partial charge in [-0.25, -0.2) is 9.78 Å². The monoisotopic (exact) mass is 442 g/mol. The normalized spacial score (nSPS) is 11.0. The largest absolute Gasteiger partial charge is 0.478 e. The van der Waals surface area contributed by atoms with Crippen molar-refractivity contribution in [2.45, 2.75) is 6.61 Å². The second-order valence-corrected chi connectivity index (χ2v) is 8.14. The van der Waals surface area contributed by atoms with Gasteiger partial charge in [0.1, 0.15) is 23.6 Å². The molecule has 0 aliphatic rings. The summed E-state index contributed by atoms with van der Waals surface area (Å²) < 4.78 is 12.0.